The number of nitrogen functional groups attached to an aromatic ring is 1. The molecule has 0 aliphatic carbocycles. The van der Waals surface area contributed by atoms with E-state index in [1.165, 1.54) is 0 Å². The highest BCUT2D eigenvalue weighted by Crippen LogP contribution is 2.11. The van der Waals surface area contributed by atoms with Crippen LogP contribution in [0.4, 0.5) is 5.69 Å². The van der Waals surface area contributed by atoms with Crippen molar-refractivity contribution in [1.82, 2.24) is 10.2 Å². The number of hydrogen-bond donors (Lipinski definition) is 2. The van der Waals surface area contributed by atoms with Gasteiger partial charge in [0.25, 0.3) is 0 Å². The van der Waals surface area contributed by atoms with Crippen LogP contribution in [0.1, 0.15) is 12.5 Å². The summed E-state index contributed by atoms with van der Waals surface area (Å²) >= 11 is 0. The van der Waals surface area contributed by atoms with Gasteiger partial charge in [-0.15, -0.1) is 0 Å². The van der Waals surface area contributed by atoms with Crippen LogP contribution < -0.4 is 11.1 Å². The van der Waals surface area contributed by atoms with Gasteiger partial charge in [0, 0.05) is 19.3 Å². The number of rotatable bonds is 6. The molecule has 0 heterocycles. The minimum Gasteiger partial charge on any atom is -0.399 e. The van der Waals surface area contributed by atoms with Gasteiger partial charge in [-0.1, -0.05) is 25.1 Å². The van der Waals surface area contributed by atoms with E-state index in [4.69, 9.17) is 5.73 Å². The maximum Gasteiger partial charge on any atom is 0.233 e. The Kier molecular flexibility index (Phi) is 5.49. The minimum absolute atomic E-state index is 0.0490. The van der Waals surface area contributed by atoms with E-state index in [9.17, 15) is 4.79 Å². The second-order valence-corrected chi connectivity index (χ2v) is 3.99. The molecule has 17 heavy (non-hydrogen) atoms. The SMILES string of the molecule is CCN(CCc1ccccc1N)CC(=O)NC. The normalized spacial score (nSPS) is 10.5. The first-order chi connectivity index (χ1) is 8.17. The number of benzene rings is 1. The Labute approximate surface area is 103 Å². The molecule has 1 aromatic carbocycles. The van der Waals surface area contributed by atoms with Crippen molar-refractivity contribution in [2.24, 2.45) is 0 Å². The fourth-order valence-electron chi connectivity index (χ4n) is 1.67. The van der Waals surface area contributed by atoms with E-state index in [1.807, 2.05) is 24.3 Å². The molecule has 4 heteroatoms. The van der Waals surface area contributed by atoms with E-state index < -0.39 is 0 Å². The Balaban J connectivity index is 2.48. The van der Waals surface area contributed by atoms with E-state index in [0.29, 0.717) is 6.54 Å². The Morgan fingerprint density at radius 3 is 2.71 bits per heavy atom. The predicted molar refractivity (Wildman–Crippen MR) is 70.7 cm³/mol. The molecule has 0 aliphatic rings. The van der Waals surface area contributed by atoms with Crippen molar-refractivity contribution in [1.29, 1.82) is 0 Å². The second kappa shape index (κ2) is 6.91. The molecule has 1 rings (SSSR count). The zero-order valence-corrected chi connectivity index (χ0v) is 10.6. The summed E-state index contributed by atoms with van der Waals surface area (Å²) < 4.78 is 0. The van der Waals surface area contributed by atoms with Crippen LogP contribution in [0.15, 0.2) is 24.3 Å². The van der Waals surface area contributed by atoms with Crippen molar-refractivity contribution in [2.75, 3.05) is 32.4 Å². The van der Waals surface area contributed by atoms with E-state index in [1.54, 1.807) is 7.05 Å². The molecule has 3 N–H and O–H groups in total. The number of carbonyl (C=O) groups is 1. The van der Waals surface area contributed by atoms with Crippen molar-refractivity contribution in [3.63, 3.8) is 0 Å². The zero-order chi connectivity index (χ0) is 12.7. The second-order valence-electron chi connectivity index (χ2n) is 3.99. The number of nitrogens with two attached hydrogens (primary N) is 1. The molecular weight excluding hydrogens is 214 g/mol. The lowest BCUT2D eigenvalue weighted by atomic mass is 10.1. The lowest BCUT2D eigenvalue weighted by Gasteiger charge is -2.19. The monoisotopic (exact) mass is 235 g/mol. The molecule has 1 aromatic rings. The Hall–Kier alpha value is -1.55. The first-order valence-corrected chi connectivity index (χ1v) is 5.93. The van der Waals surface area contributed by atoms with Crippen molar-refractivity contribution in [3.8, 4) is 0 Å². The lowest BCUT2D eigenvalue weighted by Crippen LogP contribution is -2.36. The summed E-state index contributed by atoms with van der Waals surface area (Å²) in [7, 11) is 1.66. The average Bonchev–Trinajstić information content (AvgIpc) is 2.35. The van der Waals surface area contributed by atoms with Gasteiger partial charge in [0.05, 0.1) is 6.54 Å². The third-order valence-electron chi connectivity index (χ3n) is 2.85. The molecule has 0 radical (unpaired) electrons. The molecule has 0 aliphatic heterocycles. The van der Waals surface area contributed by atoms with Crippen molar-refractivity contribution >= 4 is 11.6 Å². The first kappa shape index (κ1) is 13.5. The van der Waals surface area contributed by atoms with E-state index in [-0.39, 0.29) is 5.91 Å². The predicted octanol–water partition coefficient (Wildman–Crippen LogP) is 0.879. The largest absolute Gasteiger partial charge is 0.399 e. The summed E-state index contributed by atoms with van der Waals surface area (Å²) in [6, 6.07) is 7.86. The number of nitrogens with one attached hydrogen (secondary N) is 1. The Morgan fingerprint density at radius 1 is 1.41 bits per heavy atom. The number of amides is 1. The summed E-state index contributed by atoms with van der Waals surface area (Å²) in [5.74, 6) is 0.0490. The van der Waals surface area contributed by atoms with Crippen LogP contribution in [-0.2, 0) is 11.2 Å². The third kappa shape index (κ3) is 4.44. The van der Waals surface area contributed by atoms with Gasteiger partial charge in [0.15, 0.2) is 0 Å². The van der Waals surface area contributed by atoms with Crippen molar-refractivity contribution in [3.05, 3.63) is 29.8 Å². The Morgan fingerprint density at radius 2 is 2.12 bits per heavy atom. The van der Waals surface area contributed by atoms with Crippen LogP contribution in [0.25, 0.3) is 0 Å². The summed E-state index contributed by atoms with van der Waals surface area (Å²) in [6.45, 7) is 4.20. The number of hydrogen-bond acceptors (Lipinski definition) is 3. The molecule has 94 valence electrons. The standard InChI is InChI=1S/C13H21N3O/c1-3-16(10-13(17)15-2)9-8-11-6-4-5-7-12(11)14/h4-7H,3,8-10,14H2,1-2H3,(H,15,17). The summed E-state index contributed by atoms with van der Waals surface area (Å²) in [6.07, 6.45) is 0.873. The molecule has 0 bridgehead atoms. The molecule has 0 atom stereocenters. The van der Waals surface area contributed by atoms with E-state index >= 15 is 0 Å². The smallest absolute Gasteiger partial charge is 0.233 e. The molecule has 0 unspecified atom stereocenters. The topological polar surface area (TPSA) is 58.4 Å². The minimum atomic E-state index is 0.0490. The summed E-state index contributed by atoms with van der Waals surface area (Å²) in [5.41, 5.74) is 7.84. The highest BCUT2D eigenvalue weighted by molar-refractivity contribution is 5.77. The molecule has 0 saturated carbocycles. The van der Waals surface area contributed by atoms with Crippen molar-refractivity contribution in [2.45, 2.75) is 13.3 Å². The van der Waals surface area contributed by atoms with Gasteiger partial charge in [-0.2, -0.15) is 0 Å². The number of carbonyl (C=O) groups excluding carboxylic acids is 1. The molecule has 0 saturated heterocycles. The van der Waals surface area contributed by atoms with E-state index in [0.717, 1.165) is 30.8 Å². The van der Waals surface area contributed by atoms with Gasteiger partial charge < -0.3 is 11.1 Å². The fourth-order valence-corrected chi connectivity index (χ4v) is 1.67. The van der Waals surface area contributed by atoms with Gasteiger partial charge in [-0.05, 0) is 24.6 Å². The highest BCUT2D eigenvalue weighted by atomic mass is 16.1. The average molecular weight is 235 g/mol. The van der Waals surface area contributed by atoms with Crippen LogP contribution >= 0.6 is 0 Å². The van der Waals surface area contributed by atoms with Gasteiger partial charge in [-0.25, -0.2) is 0 Å². The van der Waals surface area contributed by atoms with Gasteiger partial charge in [0.2, 0.25) is 5.91 Å². The number of para-hydroxylation sites is 1. The van der Waals surface area contributed by atoms with E-state index in [2.05, 4.69) is 17.1 Å². The maximum absolute atomic E-state index is 11.3. The fraction of sp³-hybridized carbons (Fsp3) is 0.462. The molecule has 1 amide bonds. The first-order valence-electron chi connectivity index (χ1n) is 5.93. The van der Waals surface area contributed by atoms with Gasteiger partial charge in [0.1, 0.15) is 0 Å². The zero-order valence-electron chi connectivity index (χ0n) is 10.6. The molecule has 0 spiro atoms. The lowest BCUT2D eigenvalue weighted by molar-refractivity contribution is -0.121. The van der Waals surface area contributed by atoms with Gasteiger partial charge >= 0.3 is 0 Å². The number of nitrogens with zero attached hydrogens (tertiary/aromatic N) is 1. The maximum atomic E-state index is 11.3. The van der Waals surface area contributed by atoms with Crippen LogP contribution in [-0.4, -0.2) is 37.5 Å². The van der Waals surface area contributed by atoms with Crippen LogP contribution in [0.5, 0.6) is 0 Å². The van der Waals surface area contributed by atoms with Crippen molar-refractivity contribution < 1.29 is 4.79 Å². The quantitative estimate of drug-likeness (QED) is 0.720. The summed E-state index contributed by atoms with van der Waals surface area (Å²) in [4.78, 5) is 13.4. The number of anilines is 1. The molecule has 4 nitrogen and oxygen atoms in total. The van der Waals surface area contributed by atoms with Crippen LogP contribution in [0, 0.1) is 0 Å². The Bertz CT molecular complexity index is 365. The molecule has 0 aromatic heterocycles. The highest BCUT2D eigenvalue weighted by Gasteiger charge is 2.08. The number of likely N-dealkylation sites (N-methyl/N-ethyl adjacent to an activating group) is 2. The summed E-state index contributed by atoms with van der Waals surface area (Å²) in [5, 5.41) is 2.63. The molecular formula is C13H21N3O. The third-order valence-corrected chi connectivity index (χ3v) is 2.85. The molecule has 0 fully saturated rings. The van der Waals surface area contributed by atoms with Gasteiger partial charge in [-0.3, -0.25) is 9.69 Å². The van der Waals surface area contributed by atoms with Crippen LogP contribution in [0.3, 0.4) is 0 Å². The van der Waals surface area contributed by atoms with Crippen LogP contribution in [0.2, 0.25) is 0 Å².